The fourth-order valence-corrected chi connectivity index (χ4v) is 4.06. The van der Waals surface area contributed by atoms with Gasteiger partial charge in [-0.25, -0.2) is 9.18 Å². The number of imide groups is 1. The third-order valence-corrected chi connectivity index (χ3v) is 5.98. The Morgan fingerprint density at radius 2 is 2.00 bits per heavy atom. The molecule has 0 radical (unpaired) electrons. The maximum atomic E-state index is 13.9. The van der Waals surface area contributed by atoms with Gasteiger partial charge in [0.25, 0.3) is 0 Å². The third kappa shape index (κ3) is 4.89. The highest BCUT2D eigenvalue weighted by Crippen LogP contribution is 2.25. The summed E-state index contributed by atoms with van der Waals surface area (Å²) in [6.45, 7) is 2.11. The molecule has 2 N–H and O–H groups in total. The Bertz CT molecular complexity index is 857. The maximum absolute atomic E-state index is 13.9. The van der Waals surface area contributed by atoms with E-state index in [0.717, 1.165) is 31.0 Å². The summed E-state index contributed by atoms with van der Waals surface area (Å²) < 4.78 is 15.6. The number of hydrogen-bond acceptors (Lipinski definition) is 5. The standard InChI is InChI=1S/C19H24FN5O2S/c1-12-7-3-6-10-15(12)21-18(27)22-16(26)11-28-19-24-23-17(25(19)2)13-8-4-5-9-14(13)20/h4-5,8-9,12,15H,3,6-7,10-11H2,1-2H3,(H2,21,22,26,27)/t12-,15+/m0/s1. The number of hydrogen-bond donors (Lipinski definition) is 2. The van der Waals surface area contributed by atoms with Crippen molar-refractivity contribution in [1.82, 2.24) is 25.4 Å². The number of aromatic nitrogens is 3. The number of nitrogens with zero attached hydrogens (tertiary/aromatic N) is 3. The van der Waals surface area contributed by atoms with Gasteiger partial charge in [0.05, 0.1) is 11.3 Å². The molecule has 1 heterocycles. The van der Waals surface area contributed by atoms with Crippen molar-refractivity contribution in [1.29, 1.82) is 0 Å². The van der Waals surface area contributed by atoms with Crippen LogP contribution in [0.2, 0.25) is 0 Å². The lowest BCUT2D eigenvalue weighted by Crippen LogP contribution is -2.48. The van der Waals surface area contributed by atoms with E-state index in [1.807, 2.05) is 0 Å². The summed E-state index contributed by atoms with van der Waals surface area (Å²) in [5, 5.41) is 13.7. The van der Waals surface area contributed by atoms with Crippen LogP contribution in [-0.4, -0.2) is 38.5 Å². The molecule has 0 spiro atoms. The minimum atomic E-state index is -0.464. The third-order valence-electron chi connectivity index (χ3n) is 4.96. The van der Waals surface area contributed by atoms with Crippen LogP contribution in [0.15, 0.2) is 29.4 Å². The zero-order chi connectivity index (χ0) is 20.1. The van der Waals surface area contributed by atoms with Crippen LogP contribution in [0.25, 0.3) is 11.4 Å². The van der Waals surface area contributed by atoms with Gasteiger partial charge < -0.3 is 9.88 Å². The molecule has 1 saturated carbocycles. The topological polar surface area (TPSA) is 88.9 Å². The Kier molecular flexibility index (Phi) is 6.66. The van der Waals surface area contributed by atoms with Crippen molar-refractivity contribution in [2.24, 2.45) is 13.0 Å². The molecule has 0 aliphatic heterocycles. The lowest BCUT2D eigenvalue weighted by Gasteiger charge is -2.29. The summed E-state index contributed by atoms with van der Waals surface area (Å²) in [6, 6.07) is 5.95. The molecule has 1 fully saturated rings. The molecular formula is C19H24FN5O2S. The first-order valence-electron chi connectivity index (χ1n) is 9.33. The molecule has 3 amide bonds. The Balaban J connectivity index is 1.52. The normalized spacial score (nSPS) is 19.2. The molecule has 2 atom stereocenters. The summed E-state index contributed by atoms with van der Waals surface area (Å²) in [4.78, 5) is 24.1. The van der Waals surface area contributed by atoms with Crippen LogP contribution in [0.1, 0.15) is 32.6 Å². The van der Waals surface area contributed by atoms with Gasteiger partial charge in [-0.3, -0.25) is 10.1 Å². The van der Waals surface area contributed by atoms with Crippen molar-refractivity contribution >= 4 is 23.7 Å². The van der Waals surface area contributed by atoms with E-state index in [1.165, 1.54) is 12.5 Å². The highest BCUT2D eigenvalue weighted by atomic mass is 32.2. The highest BCUT2D eigenvalue weighted by molar-refractivity contribution is 7.99. The number of rotatable bonds is 5. The minimum absolute atomic E-state index is 0.0108. The first-order valence-corrected chi connectivity index (χ1v) is 10.3. The summed E-state index contributed by atoms with van der Waals surface area (Å²) in [5.74, 6) is 0.00318. The highest BCUT2D eigenvalue weighted by Gasteiger charge is 2.23. The molecule has 1 aromatic carbocycles. The van der Waals surface area contributed by atoms with Crippen molar-refractivity contribution in [2.75, 3.05) is 5.75 Å². The van der Waals surface area contributed by atoms with E-state index in [1.54, 1.807) is 29.8 Å². The van der Waals surface area contributed by atoms with Crippen LogP contribution in [0.3, 0.4) is 0 Å². The summed E-state index contributed by atoms with van der Waals surface area (Å²) in [7, 11) is 1.71. The van der Waals surface area contributed by atoms with Crippen molar-refractivity contribution in [2.45, 2.75) is 43.8 Å². The number of carbonyl (C=O) groups excluding carboxylic acids is 2. The smallest absolute Gasteiger partial charge is 0.321 e. The van der Waals surface area contributed by atoms with E-state index in [2.05, 4.69) is 27.8 Å². The number of thioether (sulfide) groups is 1. The van der Waals surface area contributed by atoms with E-state index in [4.69, 9.17) is 0 Å². The van der Waals surface area contributed by atoms with Gasteiger partial charge >= 0.3 is 6.03 Å². The van der Waals surface area contributed by atoms with Gasteiger partial charge in [0.15, 0.2) is 11.0 Å². The molecule has 0 saturated heterocycles. The molecule has 1 aliphatic carbocycles. The molecule has 9 heteroatoms. The van der Waals surface area contributed by atoms with Crippen molar-refractivity contribution < 1.29 is 14.0 Å². The van der Waals surface area contributed by atoms with Crippen LogP contribution in [-0.2, 0) is 11.8 Å². The van der Waals surface area contributed by atoms with E-state index in [0.29, 0.717) is 22.5 Å². The van der Waals surface area contributed by atoms with Gasteiger partial charge in [0, 0.05) is 13.1 Å². The molecule has 7 nitrogen and oxygen atoms in total. The van der Waals surface area contributed by atoms with E-state index >= 15 is 0 Å². The van der Waals surface area contributed by atoms with Gasteiger partial charge in [0.2, 0.25) is 5.91 Å². The van der Waals surface area contributed by atoms with Crippen molar-refractivity contribution in [3.8, 4) is 11.4 Å². The summed E-state index contributed by atoms with van der Waals surface area (Å²) in [5.41, 5.74) is 0.342. The summed E-state index contributed by atoms with van der Waals surface area (Å²) >= 11 is 1.14. The number of benzene rings is 1. The Morgan fingerprint density at radius 1 is 1.25 bits per heavy atom. The monoisotopic (exact) mass is 405 g/mol. The van der Waals surface area contributed by atoms with E-state index in [-0.39, 0.29) is 17.6 Å². The van der Waals surface area contributed by atoms with Crippen molar-refractivity contribution in [3.05, 3.63) is 30.1 Å². The predicted octanol–water partition coefficient (Wildman–Crippen LogP) is 3.12. The molecule has 150 valence electrons. The fraction of sp³-hybridized carbons (Fsp3) is 0.474. The number of carbonyl (C=O) groups is 2. The Labute approximate surface area is 167 Å². The van der Waals surface area contributed by atoms with Gasteiger partial charge in [-0.05, 0) is 30.9 Å². The average Bonchev–Trinajstić information content (AvgIpc) is 3.03. The number of halogens is 1. The van der Waals surface area contributed by atoms with Gasteiger partial charge in [0.1, 0.15) is 5.82 Å². The molecular weight excluding hydrogens is 381 g/mol. The quantitative estimate of drug-likeness (QED) is 0.746. The zero-order valence-electron chi connectivity index (χ0n) is 15.9. The second-order valence-electron chi connectivity index (χ2n) is 7.02. The molecule has 2 aromatic rings. The van der Waals surface area contributed by atoms with Crippen LogP contribution in [0.4, 0.5) is 9.18 Å². The average molecular weight is 405 g/mol. The molecule has 0 unspecified atom stereocenters. The van der Waals surface area contributed by atoms with E-state index < -0.39 is 11.9 Å². The summed E-state index contributed by atoms with van der Waals surface area (Å²) in [6.07, 6.45) is 4.30. The minimum Gasteiger partial charge on any atom is -0.335 e. The van der Waals surface area contributed by atoms with Crippen LogP contribution >= 0.6 is 11.8 Å². The van der Waals surface area contributed by atoms with Crippen LogP contribution in [0.5, 0.6) is 0 Å². The van der Waals surface area contributed by atoms with Crippen molar-refractivity contribution in [3.63, 3.8) is 0 Å². The van der Waals surface area contributed by atoms with Crippen LogP contribution < -0.4 is 10.6 Å². The fourth-order valence-electron chi connectivity index (χ4n) is 3.35. The lowest BCUT2D eigenvalue weighted by atomic mass is 9.86. The molecule has 0 bridgehead atoms. The van der Waals surface area contributed by atoms with Gasteiger partial charge in [-0.15, -0.1) is 10.2 Å². The Morgan fingerprint density at radius 3 is 2.75 bits per heavy atom. The first kappa shape index (κ1) is 20.3. The molecule has 28 heavy (non-hydrogen) atoms. The van der Waals surface area contributed by atoms with Crippen LogP contribution in [0, 0.1) is 11.7 Å². The first-order chi connectivity index (χ1) is 13.5. The second-order valence-corrected chi connectivity index (χ2v) is 7.97. The van der Waals surface area contributed by atoms with Gasteiger partial charge in [-0.2, -0.15) is 0 Å². The number of urea groups is 1. The second kappa shape index (κ2) is 9.18. The Hall–Kier alpha value is -2.42. The predicted molar refractivity (Wildman–Crippen MR) is 105 cm³/mol. The SMILES string of the molecule is C[C@H]1CCCC[C@H]1NC(=O)NC(=O)CSc1nnc(-c2ccccc2F)n1C. The molecule has 3 rings (SSSR count). The maximum Gasteiger partial charge on any atom is 0.321 e. The van der Waals surface area contributed by atoms with Gasteiger partial charge in [-0.1, -0.05) is 43.7 Å². The van der Waals surface area contributed by atoms with E-state index in [9.17, 15) is 14.0 Å². The number of nitrogens with one attached hydrogen (secondary N) is 2. The number of amides is 3. The lowest BCUT2D eigenvalue weighted by molar-refractivity contribution is -0.117. The molecule has 1 aromatic heterocycles. The zero-order valence-corrected chi connectivity index (χ0v) is 16.8. The largest absolute Gasteiger partial charge is 0.335 e. The molecule has 1 aliphatic rings.